The number of hydrogen-bond acceptors (Lipinski definition) is 3. The van der Waals surface area contributed by atoms with Gasteiger partial charge in [0.1, 0.15) is 0 Å². The largest absolute Gasteiger partial charge is 0.526 e. The molecule has 25 heavy (non-hydrogen) atoms. The van der Waals surface area contributed by atoms with E-state index in [9.17, 15) is 9.36 Å². The zero-order valence-electron chi connectivity index (χ0n) is 15.6. The van der Waals surface area contributed by atoms with E-state index in [0.717, 1.165) is 32.1 Å². The first-order chi connectivity index (χ1) is 11.5. The third kappa shape index (κ3) is 24.7. The first-order valence-electron chi connectivity index (χ1n) is 9.38. The van der Waals surface area contributed by atoms with Crippen molar-refractivity contribution in [1.29, 1.82) is 0 Å². The molecule has 0 aliphatic carbocycles. The molecule has 5 nitrogen and oxygen atoms in total. The molecule has 0 aromatic rings. The molecule has 0 rings (SSSR count). The Kier molecular flexibility index (Phi) is 21.7. The van der Waals surface area contributed by atoms with Crippen molar-refractivity contribution < 1.29 is 64.5 Å². The number of unbranched alkanes of at least 4 members (excludes halogenated alkanes) is 11. The van der Waals surface area contributed by atoms with Gasteiger partial charge in [-0.25, -0.2) is 4.57 Å². The molecule has 0 heterocycles. The summed E-state index contributed by atoms with van der Waals surface area (Å²) in [6.07, 6.45) is 19.8. The molecule has 0 aliphatic rings. The van der Waals surface area contributed by atoms with E-state index in [1.165, 1.54) is 44.9 Å². The van der Waals surface area contributed by atoms with Crippen LogP contribution in [0.3, 0.4) is 0 Å². The Morgan fingerprint density at radius 2 is 1.28 bits per heavy atom. The quantitative estimate of drug-likeness (QED) is 0.160. The monoisotopic (exact) mass is 504 g/mol. The van der Waals surface area contributed by atoms with Crippen LogP contribution in [-0.2, 0) is 13.9 Å². The molecular weight excluding hydrogens is 471 g/mol. The Balaban J connectivity index is 0. The van der Waals surface area contributed by atoms with E-state index in [0.29, 0.717) is 6.42 Å². The van der Waals surface area contributed by atoms with Crippen molar-refractivity contribution in [1.82, 2.24) is 0 Å². The van der Waals surface area contributed by atoms with E-state index in [1.54, 1.807) is 0 Å². The average molecular weight is 507 g/mol. The maximum atomic E-state index is 11.1. The maximum Gasteiger partial charge on any atom is 0.526 e. The van der Waals surface area contributed by atoms with E-state index in [1.807, 2.05) is 0 Å². The number of carbonyl (C=O) groups excluding carboxylic acids is 1. The summed E-state index contributed by atoms with van der Waals surface area (Å²) in [5.74, 6) is -0.819. The van der Waals surface area contributed by atoms with Gasteiger partial charge in [0.25, 0.3) is 0 Å². The molecule has 0 aliphatic heterocycles. The first-order valence-corrected chi connectivity index (χ1v) is 10.9. The van der Waals surface area contributed by atoms with E-state index in [2.05, 4.69) is 23.6 Å². The second-order valence-electron chi connectivity index (χ2n) is 6.29. The van der Waals surface area contributed by atoms with Crippen LogP contribution >= 0.6 is 7.82 Å². The van der Waals surface area contributed by atoms with Crippen molar-refractivity contribution in [2.45, 2.75) is 96.8 Å². The maximum absolute atomic E-state index is 11.1. The molecule has 0 bridgehead atoms. The van der Waals surface area contributed by atoms with Gasteiger partial charge in [-0.3, -0.25) is 14.6 Å². The molecule has 0 saturated carbocycles. The molecule has 0 radical (unpaired) electrons. The van der Waals surface area contributed by atoms with Crippen molar-refractivity contribution in [2.24, 2.45) is 0 Å². The molecule has 0 atom stereocenters. The Labute approximate surface area is 186 Å². The van der Waals surface area contributed by atoms with Crippen LogP contribution in [0.1, 0.15) is 96.8 Å². The van der Waals surface area contributed by atoms with Crippen molar-refractivity contribution in [3.63, 3.8) is 0 Å². The Morgan fingerprint density at radius 1 is 0.840 bits per heavy atom. The van der Waals surface area contributed by atoms with Crippen LogP contribution in [0, 0.1) is 40.8 Å². The van der Waals surface area contributed by atoms with Gasteiger partial charge in [-0.15, -0.1) is 0 Å². The summed E-state index contributed by atoms with van der Waals surface area (Å²) in [5.41, 5.74) is 0. The summed E-state index contributed by atoms with van der Waals surface area (Å²) in [7, 11) is -4.67. The number of rotatable bonds is 16. The van der Waals surface area contributed by atoms with Crippen LogP contribution in [-0.4, -0.2) is 15.8 Å². The van der Waals surface area contributed by atoms with E-state index in [-0.39, 0.29) is 47.3 Å². The van der Waals surface area contributed by atoms with E-state index < -0.39 is 13.8 Å². The predicted octanol–water partition coefficient (Wildman–Crippen LogP) is 5.66. The van der Waals surface area contributed by atoms with Crippen LogP contribution in [0.2, 0.25) is 0 Å². The van der Waals surface area contributed by atoms with Gasteiger partial charge in [0, 0.05) is 47.3 Å². The van der Waals surface area contributed by atoms with Gasteiger partial charge >= 0.3 is 13.8 Å². The third-order valence-corrected chi connectivity index (χ3v) is 4.30. The second kappa shape index (κ2) is 19.5. The summed E-state index contributed by atoms with van der Waals surface area (Å²) in [4.78, 5) is 28.0. The van der Waals surface area contributed by atoms with Crippen LogP contribution in [0.5, 0.6) is 0 Å². The number of hydrogen-bond donors (Lipinski definition) is 2. The molecule has 0 amide bonds. The Bertz CT molecular complexity index is 382. The molecule has 2 N–H and O–H groups in total. The van der Waals surface area contributed by atoms with Crippen LogP contribution in [0.15, 0.2) is 12.2 Å². The van der Waals surface area contributed by atoms with E-state index >= 15 is 0 Å². The number of phosphoric acid groups is 1. The minimum absolute atomic E-state index is 0. The fourth-order valence-corrected chi connectivity index (χ4v) is 2.87. The van der Waals surface area contributed by atoms with Crippen LogP contribution in [0.25, 0.3) is 0 Å². The standard InChI is InChI=1S/C18H35O5P.Nd/c1-2-3-4-5-6-7-8-9-10-11-12-13-14-15-16-17-18(19)23-24(20,21)22;/h9-10H,2-8,11-17H2,1H3,(H2,20,21,22);/b10-9-;. The van der Waals surface area contributed by atoms with Crippen molar-refractivity contribution >= 4 is 13.8 Å². The average Bonchev–Trinajstić information content (AvgIpc) is 2.49. The minimum Gasteiger partial charge on any atom is -0.371 e. The molecule has 0 unspecified atom stereocenters. The first kappa shape index (κ1) is 27.9. The smallest absolute Gasteiger partial charge is 0.371 e. The number of allylic oxidation sites excluding steroid dienone is 2. The molecule has 7 heteroatoms. The number of phosphoric ester groups is 1. The van der Waals surface area contributed by atoms with Gasteiger partial charge < -0.3 is 4.52 Å². The molecule has 0 aromatic heterocycles. The van der Waals surface area contributed by atoms with E-state index in [4.69, 9.17) is 9.79 Å². The summed E-state index contributed by atoms with van der Waals surface area (Å²) < 4.78 is 14.4. The van der Waals surface area contributed by atoms with Gasteiger partial charge in [0.15, 0.2) is 0 Å². The van der Waals surface area contributed by atoms with Crippen LogP contribution in [0.4, 0.5) is 0 Å². The minimum atomic E-state index is -4.67. The summed E-state index contributed by atoms with van der Waals surface area (Å²) >= 11 is 0. The molecule has 0 saturated heterocycles. The predicted molar refractivity (Wildman–Crippen MR) is 97.6 cm³/mol. The van der Waals surface area contributed by atoms with Gasteiger partial charge in [-0.2, -0.15) is 0 Å². The van der Waals surface area contributed by atoms with Crippen molar-refractivity contribution in [2.75, 3.05) is 0 Å². The Morgan fingerprint density at radius 3 is 1.76 bits per heavy atom. The van der Waals surface area contributed by atoms with Gasteiger partial charge in [-0.1, -0.05) is 70.4 Å². The zero-order chi connectivity index (χ0) is 18.1. The fourth-order valence-electron chi connectivity index (χ4n) is 2.52. The molecule has 0 spiro atoms. The molecule has 0 fully saturated rings. The number of carbonyl (C=O) groups is 1. The molecule has 0 aromatic carbocycles. The van der Waals surface area contributed by atoms with Crippen LogP contribution < -0.4 is 0 Å². The second-order valence-corrected chi connectivity index (χ2v) is 7.45. The summed E-state index contributed by atoms with van der Waals surface area (Å²) in [6.45, 7) is 2.24. The molecular formula is C18H35NdO5P. The summed E-state index contributed by atoms with van der Waals surface area (Å²) in [5, 5.41) is 0. The SMILES string of the molecule is CCCCCCCC/C=C\CCCCCCCC(=O)OP(=O)(O)O.[Nd]. The van der Waals surface area contributed by atoms with Gasteiger partial charge in [-0.05, 0) is 32.1 Å². The van der Waals surface area contributed by atoms with Crippen molar-refractivity contribution in [3.05, 3.63) is 12.2 Å². The molecule has 146 valence electrons. The summed E-state index contributed by atoms with van der Waals surface area (Å²) in [6, 6.07) is 0. The zero-order valence-corrected chi connectivity index (χ0v) is 19.7. The Hall–Kier alpha value is 0.711. The normalized spacial score (nSPS) is 11.5. The van der Waals surface area contributed by atoms with Gasteiger partial charge in [0.05, 0.1) is 0 Å². The topological polar surface area (TPSA) is 83.8 Å². The van der Waals surface area contributed by atoms with Crippen molar-refractivity contribution in [3.8, 4) is 0 Å². The fraction of sp³-hybridized carbons (Fsp3) is 0.833. The van der Waals surface area contributed by atoms with Gasteiger partial charge in [0.2, 0.25) is 0 Å². The third-order valence-electron chi connectivity index (χ3n) is 3.86.